The molecule has 2 aliphatic heterocycles. The highest BCUT2D eigenvalue weighted by molar-refractivity contribution is 14.1. The van der Waals surface area contributed by atoms with Crippen LogP contribution in [0.25, 0.3) is 10.9 Å². The van der Waals surface area contributed by atoms with Gasteiger partial charge in [-0.3, -0.25) is 4.99 Å². The molecule has 2 N–H and O–H groups in total. The van der Waals surface area contributed by atoms with Gasteiger partial charge < -0.3 is 18.2 Å². The first-order valence-electron chi connectivity index (χ1n) is 9.37. The highest BCUT2D eigenvalue weighted by atomic mass is 127. The minimum absolute atomic E-state index is 0.335. The monoisotopic (exact) mass is 481 g/mol. The number of halogens is 1. The highest BCUT2D eigenvalue weighted by Crippen LogP contribution is 2.34. The van der Waals surface area contributed by atoms with E-state index in [1.54, 1.807) is 6.07 Å². The molecule has 3 heterocycles. The molecule has 0 amide bonds. The van der Waals surface area contributed by atoms with E-state index in [0.29, 0.717) is 5.56 Å². The fourth-order valence-electron chi connectivity index (χ4n) is 3.66. The summed E-state index contributed by atoms with van der Waals surface area (Å²) >= 11 is -0.500. The number of rotatable bonds is 5. The summed E-state index contributed by atoms with van der Waals surface area (Å²) in [6.45, 7) is 4.40. The summed E-state index contributed by atoms with van der Waals surface area (Å²) in [5, 5.41) is 1.03. The van der Waals surface area contributed by atoms with Crippen molar-refractivity contribution in [1.29, 1.82) is 0 Å². The molecule has 1 aromatic carbocycles. The lowest BCUT2D eigenvalue weighted by molar-refractivity contribution is 0.0601. The number of amidine groups is 1. The van der Waals surface area contributed by atoms with Crippen LogP contribution in [-0.4, -0.2) is 55.0 Å². The molecule has 2 aromatic rings. The van der Waals surface area contributed by atoms with E-state index in [-0.39, 0.29) is 5.97 Å². The SMILES string of the molecule is COC(=O)c1ccc2c3c([nH]c2c1)N=INC3=NCCCN1CCCCC1. The topological polar surface area (TPSA) is 82.1 Å². The molecule has 0 radical (unpaired) electrons. The number of nitrogens with one attached hydrogen (secondary N) is 2. The van der Waals surface area contributed by atoms with Crippen LogP contribution in [0.15, 0.2) is 26.3 Å². The number of carbonyl (C=O) groups is 1. The minimum atomic E-state index is -0.500. The van der Waals surface area contributed by atoms with Crippen molar-refractivity contribution in [1.82, 2.24) is 13.4 Å². The van der Waals surface area contributed by atoms with Gasteiger partial charge in [0, 0.05) is 17.4 Å². The number of aromatic amines is 1. The van der Waals surface area contributed by atoms with Crippen molar-refractivity contribution in [3.05, 3.63) is 29.3 Å². The Morgan fingerprint density at radius 1 is 1.33 bits per heavy atom. The number of aliphatic imine (C=N–C) groups is 1. The number of aromatic nitrogens is 1. The third kappa shape index (κ3) is 4.06. The van der Waals surface area contributed by atoms with Gasteiger partial charge >= 0.3 is 5.97 Å². The molecule has 0 saturated carbocycles. The molecule has 2 aliphatic rings. The van der Waals surface area contributed by atoms with E-state index >= 15 is 0 Å². The van der Waals surface area contributed by atoms with Crippen LogP contribution in [0.5, 0.6) is 0 Å². The maximum atomic E-state index is 11.8. The van der Waals surface area contributed by atoms with Crippen molar-refractivity contribution in [2.24, 2.45) is 8.14 Å². The summed E-state index contributed by atoms with van der Waals surface area (Å²) in [7, 11) is 1.39. The van der Waals surface area contributed by atoms with Gasteiger partial charge in [-0.25, -0.2) is 4.79 Å². The Morgan fingerprint density at radius 2 is 2.19 bits per heavy atom. The molecule has 0 bridgehead atoms. The number of carbonyl (C=O) groups excluding carboxylic acids is 1. The lowest BCUT2D eigenvalue weighted by Crippen LogP contribution is -2.31. The second-order valence-electron chi connectivity index (χ2n) is 6.85. The maximum Gasteiger partial charge on any atom is 0.337 e. The maximum absolute atomic E-state index is 11.8. The fourth-order valence-corrected chi connectivity index (χ4v) is 5.05. The fraction of sp³-hybridized carbons (Fsp3) is 0.474. The molecule has 7 nitrogen and oxygen atoms in total. The summed E-state index contributed by atoms with van der Waals surface area (Å²) in [6, 6.07) is 5.56. The standard InChI is InChI=1S/C19H24IN5O2/c1-27-19(26)13-6-7-14-15(12-13)22-18-16(14)17(23-20-24-18)21-8-5-11-25-9-3-2-4-10-25/h6-7,12H,2-5,8-11H2,1H3,(H2,21,22,23,24). The average molecular weight is 481 g/mol. The highest BCUT2D eigenvalue weighted by Gasteiger charge is 2.20. The molecule has 144 valence electrons. The van der Waals surface area contributed by atoms with Gasteiger partial charge in [0.05, 0.1) is 18.2 Å². The average Bonchev–Trinajstić information content (AvgIpc) is 3.09. The Balaban J connectivity index is 1.51. The Hall–Kier alpha value is -1.81. The van der Waals surface area contributed by atoms with Gasteiger partial charge in [0.2, 0.25) is 0 Å². The van der Waals surface area contributed by atoms with Gasteiger partial charge in [-0.1, -0.05) is 12.5 Å². The van der Waals surface area contributed by atoms with E-state index in [9.17, 15) is 4.79 Å². The van der Waals surface area contributed by atoms with Crippen LogP contribution in [-0.2, 0) is 4.74 Å². The molecule has 0 unspecified atom stereocenters. The van der Waals surface area contributed by atoms with Crippen LogP contribution in [0, 0.1) is 0 Å². The smallest absolute Gasteiger partial charge is 0.337 e. The summed E-state index contributed by atoms with van der Waals surface area (Å²) < 4.78 is 12.8. The van der Waals surface area contributed by atoms with Gasteiger partial charge in [-0.05, 0) is 51.0 Å². The number of ether oxygens (including phenoxy) is 1. The summed E-state index contributed by atoms with van der Waals surface area (Å²) in [5.41, 5.74) is 2.44. The molecule has 0 atom stereocenters. The predicted octanol–water partition coefficient (Wildman–Crippen LogP) is 3.88. The van der Waals surface area contributed by atoms with Crippen LogP contribution in [0.1, 0.15) is 41.6 Å². The van der Waals surface area contributed by atoms with Crippen molar-refractivity contribution >= 4 is 49.8 Å². The zero-order valence-corrected chi connectivity index (χ0v) is 17.6. The molecule has 0 aliphatic carbocycles. The lowest BCUT2D eigenvalue weighted by Gasteiger charge is -2.25. The van der Waals surface area contributed by atoms with E-state index < -0.39 is 21.3 Å². The number of nitrogens with zero attached hydrogens (tertiary/aromatic N) is 3. The first-order chi connectivity index (χ1) is 13.3. The van der Waals surface area contributed by atoms with Gasteiger partial charge in [0.25, 0.3) is 0 Å². The number of hydrogen-bond donors (Lipinski definition) is 2. The molecule has 1 saturated heterocycles. The molecule has 1 aromatic heterocycles. The predicted molar refractivity (Wildman–Crippen MR) is 115 cm³/mol. The van der Waals surface area contributed by atoms with Gasteiger partial charge in [-0.15, -0.1) is 0 Å². The van der Waals surface area contributed by atoms with Gasteiger partial charge in [-0.2, -0.15) is 3.15 Å². The first-order valence-corrected chi connectivity index (χ1v) is 11.4. The Bertz CT molecular complexity index is 899. The number of methoxy groups -OCH3 is 1. The summed E-state index contributed by atoms with van der Waals surface area (Å²) in [4.78, 5) is 22.5. The van der Waals surface area contributed by atoms with Crippen LogP contribution in [0.3, 0.4) is 0 Å². The van der Waals surface area contributed by atoms with E-state index in [1.165, 1.54) is 39.5 Å². The third-order valence-corrected chi connectivity index (χ3v) is 6.52. The van der Waals surface area contributed by atoms with E-state index in [1.807, 2.05) is 12.1 Å². The Morgan fingerprint density at radius 3 is 3.00 bits per heavy atom. The van der Waals surface area contributed by atoms with E-state index in [2.05, 4.69) is 16.6 Å². The van der Waals surface area contributed by atoms with Crippen molar-refractivity contribution < 1.29 is 9.53 Å². The zero-order valence-electron chi connectivity index (χ0n) is 15.4. The number of esters is 1. The van der Waals surface area contributed by atoms with E-state index in [0.717, 1.165) is 47.6 Å². The molecule has 4 rings (SSSR count). The van der Waals surface area contributed by atoms with Crippen molar-refractivity contribution in [2.45, 2.75) is 25.7 Å². The first kappa shape index (κ1) is 18.5. The van der Waals surface area contributed by atoms with E-state index in [4.69, 9.17) is 9.73 Å². The van der Waals surface area contributed by atoms with Gasteiger partial charge in [0.1, 0.15) is 33.0 Å². The second kappa shape index (κ2) is 8.47. The lowest BCUT2D eigenvalue weighted by atomic mass is 10.1. The molecule has 27 heavy (non-hydrogen) atoms. The molecular weight excluding hydrogens is 457 g/mol. The largest absolute Gasteiger partial charge is 0.465 e. The number of likely N-dealkylation sites (tertiary alicyclic amines) is 1. The number of H-pyrrole nitrogens is 1. The summed E-state index contributed by atoms with van der Waals surface area (Å²) in [6.07, 6.45) is 5.10. The van der Waals surface area contributed by atoms with Crippen LogP contribution in [0.2, 0.25) is 0 Å². The van der Waals surface area contributed by atoms with Crippen LogP contribution in [0.4, 0.5) is 5.82 Å². The number of piperidine rings is 1. The van der Waals surface area contributed by atoms with Crippen LogP contribution >= 0.6 is 21.3 Å². The van der Waals surface area contributed by atoms with Crippen molar-refractivity contribution in [3.63, 3.8) is 0 Å². The summed E-state index contributed by atoms with van der Waals surface area (Å²) in [5.74, 6) is 1.47. The third-order valence-electron chi connectivity index (χ3n) is 5.05. The van der Waals surface area contributed by atoms with Crippen molar-refractivity contribution in [3.8, 4) is 0 Å². The Kier molecular flexibility index (Phi) is 5.82. The molecule has 8 heteroatoms. The van der Waals surface area contributed by atoms with Gasteiger partial charge in [0.15, 0.2) is 0 Å². The van der Waals surface area contributed by atoms with Crippen molar-refractivity contribution in [2.75, 3.05) is 33.3 Å². The normalized spacial score (nSPS) is 18.8. The zero-order chi connectivity index (χ0) is 18.6. The minimum Gasteiger partial charge on any atom is -0.465 e. The van der Waals surface area contributed by atoms with Crippen LogP contribution < -0.4 is 3.53 Å². The molecular formula is C19H24IN5O2. The number of hydrogen-bond acceptors (Lipinski definition) is 5. The number of fused-ring (bicyclic) bond motifs is 3. The number of benzene rings is 1. The quantitative estimate of drug-likeness (QED) is 0.294. The molecule has 0 spiro atoms. The Labute approximate surface area is 169 Å². The second-order valence-corrected chi connectivity index (χ2v) is 8.35. The molecule has 1 fully saturated rings.